The molecular formula is C43H70F3IN3O10P. The van der Waals surface area contributed by atoms with Gasteiger partial charge in [0.2, 0.25) is 0 Å². The SMILES string of the molecule is CCCCCCCCCCCCCCCC(=O)OC[C@H](COP(=O)([O-])OCC[N+](C)(C)C)OC(=O)CCCCCCCCC(=O)OCc1ccc(C2(C(F)(F)F)N=N2)cc1[125I]. The molecule has 0 radical (unpaired) electrons. The Bertz CT molecular complexity index is 1520. The highest BCUT2D eigenvalue weighted by Crippen LogP contribution is 2.52. The van der Waals surface area contributed by atoms with Crippen molar-refractivity contribution in [3.63, 3.8) is 0 Å². The number of esters is 3. The number of unbranched alkanes of at least 4 members (excludes halogenated alkanes) is 17. The van der Waals surface area contributed by atoms with E-state index < -0.39 is 50.3 Å². The van der Waals surface area contributed by atoms with Crippen molar-refractivity contribution < 1.29 is 64.8 Å². The average Bonchev–Trinajstić information content (AvgIpc) is 4.01. The van der Waals surface area contributed by atoms with Crippen LogP contribution < -0.4 is 4.89 Å². The number of hydrogen-bond donors (Lipinski definition) is 0. The maximum atomic E-state index is 13.3. The van der Waals surface area contributed by atoms with Crippen LogP contribution in [0.25, 0.3) is 0 Å². The number of hydrogen-bond acceptors (Lipinski definition) is 12. The molecule has 13 nitrogen and oxygen atoms in total. The van der Waals surface area contributed by atoms with E-state index in [0.29, 0.717) is 39.4 Å². The van der Waals surface area contributed by atoms with E-state index in [4.69, 9.17) is 23.3 Å². The van der Waals surface area contributed by atoms with Crippen molar-refractivity contribution in [2.45, 2.75) is 173 Å². The highest BCUT2D eigenvalue weighted by Gasteiger charge is 2.65. The van der Waals surface area contributed by atoms with Gasteiger partial charge in [0, 0.05) is 34.0 Å². The molecule has 1 aromatic rings. The summed E-state index contributed by atoms with van der Waals surface area (Å²) in [4.78, 5) is 49.9. The van der Waals surface area contributed by atoms with Crippen LogP contribution in [0.2, 0.25) is 0 Å². The monoisotopic (exact) mass is 1000 g/mol. The molecule has 0 fully saturated rings. The maximum absolute atomic E-state index is 13.3. The number of likely N-dealkylation sites (N-methyl/N-ethyl adjacent to an activating group) is 1. The number of carbonyl (C=O) groups is 3. The summed E-state index contributed by atoms with van der Waals surface area (Å²) in [6.45, 7) is 1.61. The lowest BCUT2D eigenvalue weighted by atomic mass is 10.0. The van der Waals surface area contributed by atoms with E-state index in [1.807, 2.05) is 43.7 Å². The Balaban J connectivity index is 1.64. The third-order valence-electron chi connectivity index (χ3n) is 10.2. The first-order valence-electron chi connectivity index (χ1n) is 22.1. The molecule has 1 unspecified atom stereocenters. The number of alkyl halides is 3. The number of ether oxygens (including phenoxy) is 3. The van der Waals surface area contributed by atoms with Gasteiger partial charge in [-0.15, -0.1) is 10.2 Å². The van der Waals surface area contributed by atoms with Crippen molar-refractivity contribution in [2.24, 2.45) is 10.2 Å². The number of nitrogens with zero attached hydrogens (tertiary/aromatic N) is 3. The van der Waals surface area contributed by atoms with Gasteiger partial charge in [0.05, 0.1) is 27.7 Å². The molecule has 2 rings (SSSR count). The molecule has 350 valence electrons. The molecule has 1 heterocycles. The zero-order valence-electron chi connectivity index (χ0n) is 36.8. The van der Waals surface area contributed by atoms with Crippen molar-refractivity contribution in [3.05, 3.63) is 32.9 Å². The Morgan fingerprint density at radius 3 is 1.67 bits per heavy atom. The van der Waals surface area contributed by atoms with Crippen molar-refractivity contribution in [3.8, 4) is 0 Å². The van der Waals surface area contributed by atoms with E-state index in [0.717, 1.165) is 44.9 Å². The molecule has 1 aliphatic rings. The molecular weight excluding hydrogens is 931 g/mol. The van der Waals surface area contributed by atoms with Gasteiger partial charge in [-0.1, -0.05) is 122 Å². The number of benzene rings is 1. The maximum Gasteiger partial charge on any atom is 0.442 e. The lowest BCUT2D eigenvalue weighted by Crippen LogP contribution is -2.37. The standard InChI is InChI=1S/C43H70F3IN3O10P/c1-5-6-7-8-9-10-11-12-13-14-15-18-22-25-40(52)57-33-37(34-59-61(54,55)58-30-29-50(2,3)4)60-41(53)26-23-20-17-16-19-21-24-39(51)56-32-35-27-28-36(31-38(35)47)42(48-49-42)43(44,45)46/h27-28,31,37H,5-26,29-30,32-34H2,1-4H3/t37-/m1/s1/i47-2. The first-order chi connectivity index (χ1) is 28.9. The van der Waals surface area contributed by atoms with E-state index in [1.54, 1.807) is 0 Å². The smallest absolute Gasteiger partial charge is 0.442 e. The summed E-state index contributed by atoms with van der Waals surface area (Å²) in [5.41, 5.74) is -1.99. The van der Waals surface area contributed by atoms with Crippen LogP contribution in [-0.2, 0) is 54.5 Å². The predicted molar refractivity (Wildman–Crippen MR) is 232 cm³/mol. The average molecular weight is 1000 g/mol. The van der Waals surface area contributed by atoms with Crippen molar-refractivity contribution >= 4 is 48.3 Å². The molecule has 0 saturated carbocycles. The van der Waals surface area contributed by atoms with Crippen LogP contribution in [0.3, 0.4) is 0 Å². The minimum absolute atomic E-state index is 0.0590. The molecule has 0 aromatic heterocycles. The van der Waals surface area contributed by atoms with Crippen LogP contribution in [0, 0.1) is 3.57 Å². The second-order valence-corrected chi connectivity index (χ2v) is 19.4. The zero-order valence-corrected chi connectivity index (χ0v) is 39.8. The Morgan fingerprint density at radius 1 is 0.738 bits per heavy atom. The van der Waals surface area contributed by atoms with E-state index in [2.05, 4.69) is 17.2 Å². The Kier molecular flexibility index (Phi) is 26.4. The lowest BCUT2D eigenvalue weighted by molar-refractivity contribution is -0.870. The normalized spacial score (nSPS) is 15.0. The highest BCUT2D eigenvalue weighted by atomic mass is 125. The lowest BCUT2D eigenvalue weighted by Gasteiger charge is -2.28. The summed E-state index contributed by atoms with van der Waals surface area (Å²) in [7, 11) is 0.969. The molecule has 2 atom stereocenters. The van der Waals surface area contributed by atoms with Crippen LogP contribution in [0.4, 0.5) is 13.2 Å². The zero-order chi connectivity index (χ0) is 45.2. The van der Waals surface area contributed by atoms with Crippen LogP contribution in [0.1, 0.15) is 159 Å². The largest absolute Gasteiger partial charge is 0.756 e. The fourth-order valence-electron chi connectivity index (χ4n) is 6.34. The molecule has 0 N–H and O–H groups in total. The first-order valence-corrected chi connectivity index (χ1v) is 24.6. The molecule has 0 bridgehead atoms. The summed E-state index contributed by atoms with van der Waals surface area (Å²) in [5.74, 6) is -1.43. The van der Waals surface area contributed by atoms with Crippen molar-refractivity contribution in [1.82, 2.24) is 0 Å². The summed E-state index contributed by atoms with van der Waals surface area (Å²) in [5, 5.41) is 6.43. The van der Waals surface area contributed by atoms with Gasteiger partial charge in [-0.3, -0.25) is 18.9 Å². The molecule has 18 heteroatoms. The Labute approximate surface area is 374 Å². The molecule has 1 aliphatic heterocycles. The van der Waals surface area contributed by atoms with Gasteiger partial charge < -0.3 is 32.6 Å². The highest BCUT2D eigenvalue weighted by molar-refractivity contribution is 14.1. The molecule has 0 amide bonds. The third-order valence-corrected chi connectivity index (χ3v) is 12.2. The van der Waals surface area contributed by atoms with Crippen LogP contribution >= 0.6 is 30.4 Å². The molecule has 0 aliphatic carbocycles. The summed E-state index contributed by atoms with van der Waals surface area (Å²) < 4.78 is 79.4. The van der Waals surface area contributed by atoms with Gasteiger partial charge in [0.25, 0.3) is 7.82 Å². The second-order valence-electron chi connectivity index (χ2n) is 16.8. The minimum atomic E-state index is -4.70. The first kappa shape index (κ1) is 55.0. The number of phosphoric ester groups is 1. The number of carbonyl (C=O) groups excluding carboxylic acids is 3. The number of rotatable bonds is 36. The van der Waals surface area contributed by atoms with Crippen molar-refractivity contribution in [1.29, 1.82) is 0 Å². The Morgan fingerprint density at radius 2 is 1.21 bits per heavy atom. The molecule has 1 aromatic carbocycles. The quantitative estimate of drug-likeness (QED) is 0.0158. The van der Waals surface area contributed by atoms with Gasteiger partial charge >= 0.3 is 29.7 Å². The summed E-state index contributed by atoms with van der Waals surface area (Å²) in [6, 6.07) is 4.13. The van der Waals surface area contributed by atoms with E-state index in [-0.39, 0.29) is 44.6 Å². The van der Waals surface area contributed by atoms with Gasteiger partial charge in [0.1, 0.15) is 26.4 Å². The predicted octanol–water partition coefficient (Wildman–Crippen LogP) is 10.8. The molecule has 61 heavy (non-hydrogen) atoms. The van der Waals surface area contributed by atoms with Gasteiger partial charge in [-0.05, 0) is 47.9 Å². The van der Waals surface area contributed by atoms with Gasteiger partial charge in [-0.25, -0.2) is 0 Å². The second kappa shape index (κ2) is 29.3. The van der Waals surface area contributed by atoms with E-state index in [9.17, 15) is 37.0 Å². The summed E-state index contributed by atoms with van der Waals surface area (Å²) in [6.07, 6.45) is 14.4. The third kappa shape index (κ3) is 25.0. The van der Waals surface area contributed by atoms with Crippen LogP contribution in [-0.4, -0.2) is 82.2 Å². The fraction of sp³-hybridized carbons (Fsp3) is 0.791. The molecule has 0 saturated heterocycles. The van der Waals surface area contributed by atoms with Gasteiger partial charge in [-0.2, -0.15) is 13.2 Å². The van der Waals surface area contributed by atoms with E-state index in [1.165, 1.54) is 76.0 Å². The number of halogens is 4. The van der Waals surface area contributed by atoms with E-state index >= 15 is 0 Å². The Hall–Kier alpha value is -2.18. The number of quaternary nitrogens is 1. The molecule has 0 spiro atoms. The van der Waals surface area contributed by atoms with Crippen molar-refractivity contribution in [2.75, 3.05) is 47.5 Å². The number of phosphoric acid groups is 1. The van der Waals surface area contributed by atoms with Crippen LogP contribution in [0.5, 0.6) is 0 Å². The summed E-state index contributed by atoms with van der Waals surface area (Å²) >= 11 is 1.90. The minimum Gasteiger partial charge on any atom is -0.756 e. The fourth-order valence-corrected chi connectivity index (χ4v) is 7.74. The van der Waals surface area contributed by atoms with Crippen LogP contribution in [0.15, 0.2) is 28.4 Å². The van der Waals surface area contributed by atoms with Gasteiger partial charge in [0.15, 0.2) is 6.10 Å². The topological polar surface area (TPSA) is 162 Å².